The van der Waals surface area contributed by atoms with Crippen LogP contribution in [0.15, 0.2) is 83.0 Å². The van der Waals surface area contributed by atoms with Gasteiger partial charge in [0.25, 0.3) is 5.88 Å². The van der Waals surface area contributed by atoms with Gasteiger partial charge in [0.1, 0.15) is 35.9 Å². The van der Waals surface area contributed by atoms with Crippen molar-refractivity contribution in [2.45, 2.75) is 83.1 Å². The van der Waals surface area contributed by atoms with Gasteiger partial charge in [-0.3, -0.25) is 19.4 Å². The first kappa shape index (κ1) is 51.9. The van der Waals surface area contributed by atoms with Gasteiger partial charge in [0.05, 0.1) is 39.6 Å². The molecule has 21 heteroatoms. The number of rotatable bonds is 18. The fourth-order valence-electron chi connectivity index (χ4n) is 11.1. The van der Waals surface area contributed by atoms with E-state index in [1.165, 1.54) is 4.90 Å². The Morgan fingerprint density at radius 1 is 0.920 bits per heavy atom. The third-order valence-electron chi connectivity index (χ3n) is 15.1. The highest BCUT2D eigenvalue weighted by molar-refractivity contribution is 7.13. The second-order valence-electron chi connectivity index (χ2n) is 20.3. The number of hydrogen-bond donors (Lipinski definition) is 4. The molecule has 6 atom stereocenters. The standard InChI is InChI=1S/C54H65ClN12O7S/c1-32(2)47(54(71)66-30-40(68)26-44(66)52(70)59-33(3)35-9-11-36(12-10-35)50-34(4)58-31-75-50)49-48(55)53(62-74-49)73-24-22-64-19-17-63(18-20-64)21-23-72-46-25-37(15-16-57-46)67-38-13-14-39(67)29-65(28-38)43-27-42(60-61-51(43)56)41-7-5-6-8-45(41)69/h5-12,15-16,25,27,31-33,38-40,44,47,68-69H,13-14,17-24,26,28-30H2,1-4H3,(H2,56,61)(H,59,70)/t33-,38?,39?,40+,44?,47?/m0/s1. The Balaban J connectivity index is 0.666. The minimum absolute atomic E-state index is 0.00786. The normalized spacial score (nSPS) is 20.9. The van der Waals surface area contributed by atoms with E-state index in [0.29, 0.717) is 42.7 Å². The molecule has 4 aliphatic rings. The molecule has 0 radical (unpaired) electrons. The van der Waals surface area contributed by atoms with Crippen LogP contribution in [0, 0.1) is 12.8 Å². The number of phenolic OH excluding ortho intramolecular Hbond substituents is 1. The Bertz CT molecular complexity index is 2940. The van der Waals surface area contributed by atoms with Crippen LogP contribution in [0.5, 0.6) is 17.5 Å². The molecule has 2 aromatic carbocycles. The van der Waals surface area contributed by atoms with Crippen LogP contribution in [0.4, 0.5) is 17.2 Å². The van der Waals surface area contributed by atoms with Gasteiger partial charge in [-0.05, 0) is 73.2 Å². The van der Waals surface area contributed by atoms with Gasteiger partial charge in [-0.1, -0.05) is 61.8 Å². The SMILES string of the molecule is Cc1ncsc1-c1ccc([C@H](C)NC(=O)C2C[C@@H](O)CN2C(=O)C(c2onc(OCCN3CCN(CCOc4cc(N5C6CCC5CN(c5cc(-c7ccccc7O)nnc5N)C6)ccn4)CC3)c2Cl)C(C)C)cc1. The highest BCUT2D eigenvalue weighted by atomic mass is 35.5. The van der Waals surface area contributed by atoms with Crippen LogP contribution in [-0.4, -0.2) is 158 Å². The highest BCUT2D eigenvalue weighted by Gasteiger charge is 2.45. The molecule has 4 saturated heterocycles. The number of aliphatic hydroxyl groups excluding tert-OH is 1. The number of benzene rings is 2. The van der Waals surface area contributed by atoms with Gasteiger partial charge < -0.3 is 50.0 Å². The Hall–Kier alpha value is -6.58. The average molecular weight is 1060 g/mol. The monoisotopic (exact) mass is 1060 g/mol. The number of phenols is 1. The summed E-state index contributed by atoms with van der Waals surface area (Å²) < 4.78 is 18.0. The van der Waals surface area contributed by atoms with Gasteiger partial charge in [-0.25, -0.2) is 9.97 Å². The lowest BCUT2D eigenvalue weighted by Crippen LogP contribution is -2.54. The number of anilines is 3. The molecule has 2 amide bonds. The zero-order valence-electron chi connectivity index (χ0n) is 42.7. The van der Waals surface area contributed by atoms with Gasteiger partial charge in [0.15, 0.2) is 11.6 Å². The molecule has 2 bridgehead atoms. The molecular weight excluding hydrogens is 996 g/mol. The molecule has 4 fully saturated rings. The largest absolute Gasteiger partial charge is 0.507 e. The Morgan fingerprint density at radius 3 is 2.31 bits per heavy atom. The number of carbonyl (C=O) groups excluding carboxylic acids is 2. The Morgan fingerprint density at radius 2 is 1.63 bits per heavy atom. The summed E-state index contributed by atoms with van der Waals surface area (Å²) in [4.78, 5) is 49.0. The smallest absolute Gasteiger partial charge is 0.273 e. The number of pyridine rings is 1. The number of ether oxygens (including phenoxy) is 2. The number of hydrogen-bond acceptors (Lipinski definition) is 18. The molecule has 4 aliphatic heterocycles. The number of thiazole rings is 1. The molecule has 0 spiro atoms. The lowest BCUT2D eigenvalue weighted by atomic mass is 9.91. The fourth-order valence-corrected chi connectivity index (χ4v) is 12.1. The molecule has 4 aromatic heterocycles. The maximum absolute atomic E-state index is 14.3. The zero-order valence-corrected chi connectivity index (χ0v) is 44.3. The van der Waals surface area contributed by atoms with Gasteiger partial charge >= 0.3 is 0 Å². The number of nitrogens with two attached hydrogens (primary N) is 1. The van der Waals surface area contributed by atoms with Crippen molar-refractivity contribution in [3.05, 3.63) is 100 Å². The van der Waals surface area contributed by atoms with E-state index in [1.807, 2.05) is 87.9 Å². The van der Waals surface area contributed by atoms with Crippen molar-refractivity contribution < 1.29 is 33.8 Å². The van der Waals surface area contributed by atoms with Crippen molar-refractivity contribution in [1.82, 2.24) is 45.3 Å². The number of nitrogens with one attached hydrogen (secondary N) is 1. The number of carbonyl (C=O) groups is 2. The van der Waals surface area contributed by atoms with Crippen LogP contribution in [0.2, 0.25) is 5.02 Å². The van der Waals surface area contributed by atoms with Gasteiger partial charge in [-0.2, -0.15) is 0 Å². The van der Waals surface area contributed by atoms with E-state index in [-0.39, 0.29) is 71.2 Å². The minimum atomic E-state index is -0.878. The third kappa shape index (κ3) is 11.4. The van der Waals surface area contributed by atoms with E-state index in [0.717, 1.165) is 91.7 Å². The van der Waals surface area contributed by atoms with Gasteiger partial charge in [0, 0.05) is 101 Å². The number of likely N-dealkylation sites (tertiary alicyclic amines) is 1. The number of aromatic nitrogens is 5. The molecule has 75 heavy (non-hydrogen) atoms. The average Bonchev–Trinajstić information content (AvgIpc) is 4.20. The van der Waals surface area contributed by atoms with E-state index in [1.54, 1.807) is 23.5 Å². The number of nitrogen functional groups attached to an aromatic ring is 1. The number of aryl methyl sites for hydroxylation is 1. The third-order valence-corrected chi connectivity index (χ3v) is 16.4. The molecule has 6 aromatic rings. The number of nitrogens with zero attached hydrogens (tertiary/aromatic N) is 10. The van der Waals surface area contributed by atoms with E-state index in [4.69, 9.17) is 31.3 Å². The lowest BCUT2D eigenvalue weighted by Gasteiger charge is -2.43. The summed E-state index contributed by atoms with van der Waals surface area (Å²) >= 11 is 8.43. The molecule has 8 heterocycles. The number of aromatic hydroxyl groups is 1. The molecular formula is C54H65ClN12O7S. The lowest BCUT2D eigenvalue weighted by molar-refractivity contribution is -0.141. The summed E-state index contributed by atoms with van der Waals surface area (Å²) in [6.07, 6.45) is 3.19. The number of β-amino-alcohol motifs (C(OH)–C–C–N with tert-alkyl or cyclic N) is 1. The molecule has 19 nitrogen and oxygen atoms in total. The highest BCUT2D eigenvalue weighted by Crippen LogP contribution is 2.41. The Labute approximate surface area is 445 Å². The molecule has 0 aliphatic carbocycles. The molecule has 10 rings (SSSR count). The quantitative estimate of drug-likeness (QED) is 0.0730. The summed E-state index contributed by atoms with van der Waals surface area (Å²) in [7, 11) is 0. The summed E-state index contributed by atoms with van der Waals surface area (Å²) in [6, 6.07) is 20.5. The number of para-hydroxylation sites is 1. The number of piperazine rings is 2. The Kier molecular flexibility index (Phi) is 15.7. The van der Waals surface area contributed by atoms with E-state index < -0.39 is 18.1 Å². The maximum atomic E-state index is 14.3. The van der Waals surface area contributed by atoms with Crippen LogP contribution in [-0.2, 0) is 9.59 Å². The van der Waals surface area contributed by atoms with Crippen molar-refractivity contribution in [3.63, 3.8) is 0 Å². The predicted molar refractivity (Wildman–Crippen MR) is 287 cm³/mol. The molecule has 396 valence electrons. The second-order valence-corrected chi connectivity index (χ2v) is 21.6. The van der Waals surface area contributed by atoms with Crippen LogP contribution in [0.1, 0.15) is 69.0 Å². The second kappa shape index (κ2) is 22.7. The summed E-state index contributed by atoms with van der Waals surface area (Å²) in [6.45, 7) is 14.9. The minimum Gasteiger partial charge on any atom is -0.507 e. The number of amides is 2. The van der Waals surface area contributed by atoms with Gasteiger partial charge in [-0.15, -0.1) is 21.5 Å². The van der Waals surface area contributed by atoms with Crippen molar-refractivity contribution in [1.29, 1.82) is 0 Å². The van der Waals surface area contributed by atoms with Crippen molar-refractivity contribution in [2.75, 3.05) is 87.7 Å². The number of fused-ring (bicyclic) bond motifs is 2. The first-order valence-electron chi connectivity index (χ1n) is 25.8. The van der Waals surface area contributed by atoms with Crippen molar-refractivity contribution in [2.24, 2.45) is 5.92 Å². The molecule has 4 unspecified atom stereocenters. The zero-order chi connectivity index (χ0) is 52.3. The van der Waals surface area contributed by atoms with E-state index >= 15 is 0 Å². The summed E-state index contributed by atoms with van der Waals surface area (Å²) in [5, 5.41) is 37.1. The van der Waals surface area contributed by atoms with Crippen molar-refractivity contribution in [3.8, 4) is 39.2 Å². The molecule has 0 saturated carbocycles. The first-order chi connectivity index (χ1) is 36.3. The van der Waals surface area contributed by atoms with E-state index in [9.17, 15) is 19.8 Å². The predicted octanol–water partition coefficient (Wildman–Crippen LogP) is 6.41. The summed E-state index contributed by atoms with van der Waals surface area (Å²) in [5.74, 6) is -0.430. The van der Waals surface area contributed by atoms with Crippen LogP contribution < -0.4 is 30.3 Å². The number of halogens is 1. The number of aliphatic hydroxyl groups is 1. The van der Waals surface area contributed by atoms with Crippen LogP contribution in [0.3, 0.4) is 0 Å². The van der Waals surface area contributed by atoms with Gasteiger partial charge in [0.2, 0.25) is 17.7 Å². The van der Waals surface area contributed by atoms with Crippen molar-refractivity contribution >= 4 is 51.9 Å². The maximum Gasteiger partial charge on any atom is 0.273 e. The first-order valence-corrected chi connectivity index (χ1v) is 27.1. The fraction of sp³-hybridized carbons (Fsp3) is 0.463. The molecule has 5 N–H and O–H groups in total. The topological polar surface area (TPSA) is 225 Å². The van der Waals surface area contributed by atoms with E-state index in [2.05, 4.69) is 56.3 Å². The summed E-state index contributed by atoms with van der Waals surface area (Å²) in [5.41, 5.74) is 14.3. The van der Waals surface area contributed by atoms with Crippen LogP contribution >= 0.6 is 22.9 Å². The van der Waals surface area contributed by atoms with Crippen LogP contribution in [0.25, 0.3) is 21.7 Å².